The van der Waals surface area contributed by atoms with Gasteiger partial charge < -0.3 is 151 Å². The van der Waals surface area contributed by atoms with Gasteiger partial charge in [0, 0.05) is 99.3 Å². The molecule has 1 heterocycles. The molecule has 0 aromatic heterocycles. The monoisotopic (exact) mass is 1820 g/mol. The predicted molar refractivity (Wildman–Crippen MR) is 451 cm³/mol. The van der Waals surface area contributed by atoms with Gasteiger partial charge in [0.15, 0.2) is 5.78 Å². The molecule has 2 aromatic rings. The molecular formula is C80H123N15O31S. The van der Waals surface area contributed by atoms with E-state index in [1.807, 2.05) is 12.1 Å². The third kappa shape index (κ3) is 38.3. The van der Waals surface area contributed by atoms with Crippen LogP contribution in [0.4, 0.5) is 21.9 Å². The molecule has 13 amide bonds. The Hall–Kier alpha value is -10.9. The number of urea groups is 1. The van der Waals surface area contributed by atoms with Crippen molar-refractivity contribution < 1.29 is 153 Å². The first kappa shape index (κ1) is 108. The van der Waals surface area contributed by atoms with Crippen LogP contribution in [0.2, 0.25) is 0 Å². The highest BCUT2D eigenvalue weighted by molar-refractivity contribution is 7.80. The van der Waals surface area contributed by atoms with Crippen LogP contribution in [0, 0.1) is 5.41 Å². The number of unbranched alkanes of at least 4 members (excludes halogenated alkanes) is 4. The van der Waals surface area contributed by atoms with E-state index in [0.717, 1.165) is 37.8 Å². The summed E-state index contributed by atoms with van der Waals surface area (Å²) in [4.78, 5) is 230. The van der Waals surface area contributed by atoms with Gasteiger partial charge in [-0.3, -0.25) is 76.7 Å². The molecule has 2 aromatic carbocycles. The Bertz CT molecular complexity index is 4050. The molecule has 46 nitrogen and oxygen atoms in total. The highest BCUT2D eigenvalue weighted by Crippen LogP contribution is 2.38. The summed E-state index contributed by atoms with van der Waals surface area (Å²) in [5.74, 6) is -18.4. The first-order chi connectivity index (χ1) is 59.9. The summed E-state index contributed by atoms with van der Waals surface area (Å²) in [5, 5.41) is 166. The number of benzene rings is 2. The number of hydrogen-bond acceptors (Lipinski definition) is 30. The van der Waals surface area contributed by atoms with E-state index in [4.69, 9.17) is 5.73 Å². The molecule has 1 saturated carbocycles. The van der Waals surface area contributed by atoms with E-state index in [0.29, 0.717) is 31.4 Å². The third-order valence-corrected chi connectivity index (χ3v) is 21.2. The minimum Gasteiger partial charge on any atom is -0.481 e. The van der Waals surface area contributed by atoms with Crippen molar-refractivity contribution in [2.75, 3.05) is 73.4 Å². The number of carbonyl (C=O) groups is 17. The molecule has 0 spiro atoms. The molecule has 127 heavy (non-hydrogen) atoms. The van der Waals surface area contributed by atoms with Gasteiger partial charge in [0.2, 0.25) is 53.2 Å². The summed E-state index contributed by atoms with van der Waals surface area (Å²) in [5.41, 5.74) is 7.03. The molecule has 47 heteroatoms. The fourth-order valence-corrected chi connectivity index (χ4v) is 13.5. The molecule has 0 radical (unpaired) electrons. The first-order valence-electron chi connectivity index (χ1n) is 41.6. The van der Waals surface area contributed by atoms with E-state index in [9.17, 15) is 153 Å². The predicted octanol–water partition coefficient (Wildman–Crippen LogP) is -6.33. The number of aliphatic carboxylic acids is 4. The number of hydrogen-bond donors (Lipinski definition) is 28. The van der Waals surface area contributed by atoms with Gasteiger partial charge in [-0.25, -0.2) is 4.79 Å². The van der Waals surface area contributed by atoms with Crippen LogP contribution < -0.4 is 79.3 Å². The minimum atomic E-state index is -2.17. The molecule has 710 valence electrons. The molecule has 1 aliphatic carbocycles. The summed E-state index contributed by atoms with van der Waals surface area (Å²) in [7, 11) is 0. The number of carboxylic acids is 4. The van der Waals surface area contributed by atoms with E-state index >= 15 is 0 Å². The lowest BCUT2D eigenvalue weighted by molar-refractivity contribution is -0.142. The van der Waals surface area contributed by atoms with Crippen molar-refractivity contribution in [2.45, 2.75) is 259 Å². The first-order valence-corrected chi connectivity index (χ1v) is 42.2. The Balaban J connectivity index is 1.50. The highest BCUT2D eigenvalue weighted by atomic mass is 32.1. The third-order valence-electron chi connectivity index (χ3n) is 20.8. The Morgan fingerprint density at radius 3 is 1.46 bits per heavy atom. The fraction of sp³-hybridized carbons (Fsp3) is 0.637. The maximum Gasteiger partial charge on any atom is 0.319 e. The number of ketones is 1. The maximum absolute atomic E-state index is 14.6. The van der Waals surface area contributed by atoms with Gasteiger partial charge in [0.1, 0.15) is 78.9 Å². The van der Waals surface area contributed by atoms with Gasteiger partial charge in [-0.2, -0.15) is 12.6 Å². The van der Waals surface area contributed by atoms with Crippen LogP contribution in [0.1, 0.15) is 166 Å². The second-order valence-electron chi connectivity index (χ2n) is 32.0. The molecular weight excluding hydrogens is 1700 g/mol. The molecule has 16 atom stereocenters. The normalized spacial score (nSPS) is 17.1. The van der Waals surface area contributed by atoms with Crippen molar-refractivity contribution in [3.05, 3.63) is 54.1 Å². The lowest BCUT2D eigenvalue weighted by Crippen LogP contribution is -2.59. The standard InChI is InChI=1S/C80H123N15O31S/c1-80(2,3)59(102)38-95-54-20-12-11-19-53(54)94(45-17-8-7-9-18-45)37-52(78(95)125)93-79(126)87-43-16-14-15-42(31-43)71(118)82-30-13-6-4-5-10-21-62(105)88-48(24-28-63(106)107)74(121)90-49(23-27-61(104)84-36-56(99)68(115)70(117)58(101)40-97)75(122)91-50(25-29-64(108)109)76(123)89-47(22-26-60(103)83-35-55(98)67(114)69(116)57(100)39-96)73(120)85-34-46(81)72(119)92-51(33-66(112)113)77(124)86-44(41-127)32-65(110)111/h11-12,14-16,19-20,31,44-52,55-58,67-70,96-101,114-117,127H,4-10,13,17-18,21-30,32-41,81H2,1-3H3,(H,82,118)(H,83,103)(H,84,104)(H,85,120)(H,86,124)(H,88,105)(H,89,123)(H,90,121)(H,91,122)(H,92,119)(H,106,107)(H,108,109)(H,110,111)(H,112,113)(H2,87,93,126)/t44-,46+,47-,48-,49-,50-,51+,52-,55+,56+,57-,58-,67-,68-,69-,70-/m1/s1. The SMILES string of the molecule is CC(C)(C)C(=O)CN1C(=O)[C@H](NC(=O)Nc2cccc(C(=O)NCCCCCCCC(=O)N[C@H](CCC(=O)O)C(=O)N[C@H](CCC(=O)NC[C@H](O)[C@@H](O)[C@H](O)[C@H](O)CO)C(=O)N[C@H](CCC(=O)O)C(=O)N[C@H](CCC(=O)NC[C@H](O)[C@@H](O)[C@H](O)[C@H](O)CO)C(=O)NC[C@H](N)C(=O)N[C@@H](CC(=O)O)C(=O)N[C@@H](CS)CC(=O)O)c2)CN(C2CCCCC2)c2ccccc21. The van der Waals surface area contributed by atoms with Crippen molar-refractivity contribution in [2.24, 2.45) is 11.1 Å². The van der Waals surface area contributed by atoms with Crippen LogP contribution in [0.15, 0.2) is 48.5 Å². The molecule has 1 fully saturated rings. The lowest BCUT2D eigenvalue weighted by atomic mass is 9.90. The number of amides is 13. The van der Waals surface area contributed by atoms with Crippen LogP contribution in [-0.2, 0) is 71.9 Å². The van der Waals surface area contributed by atoms with Crippen LogP contribution in [0.25, 0.3) is 0 Å². The van der Waals surface area contributed by atoms with Gasteiger partial charge in [-0.05, 0) is 81.7 Å². The number of nitrogens with two attached hydrogens (primary N) is 1. The molecule has 0 unspecified atom stereocenters. The summed E-state index contributed by atoms with van der Waals surface area (Å²) in [6, 6.07) is -1.13. The number of aliphatic hydroxyl groups excluding tert-OH is 10. The van der Waals surface area contributed by atoms with E-state index in [1.165, 1.54) is 17.0 Å². The number of anilines is 3. The molecule has 28 N–H and O–H groups in total. The summed E-state index contributed by atoms with van der Waals surface area (Å²) >= 11 is 3.97. The second kappa shape index (κ2) is 55.0. The molecule has 2 aliphatic rings. The Morgan fingerprint density at radius 2 is 0.961 bits per heavy atom. The van der Waals surface area contributed by atoms with Gasteiger partial charge in [-0.1, -0.05) is 77.5 Å². The van der Waals surface area contributed by atoms with Gasteiger partial charge in [0.25, 0.3) is 11.8 Å². The quantitative estimate of drug-likeness (QED) is 0.0216. The largest absolute Gasteiger partial charge is 0.481 e. The van der Waals surface area contributed by atoms with E-state index < -0.39 is 295 Å². The molecule has 0 bridgehead atoms. The van der Waals surface area contributed by atoms with Crippen molar-refractivity contribution in [1.29, 1.82) is 0 Å². The molecule has 1 aliphatic heterocycles. The number of carbonyl (C=O) groups excluding carboxylic acids is 13. The summed E-state index contributed by atoms with van der Waals surface area (Å²) in [6.45, 7) is 0.628. The summed E-state index contributed by atoms with van der Waals surface area (Å²) in [6.07, 6.45) is -18.2. The van der Waals surface area contributed by atoms with Crippen LogP contribution in [0.3, 0.4) is 0 Å². The van der Waals surface area contributed by atoms with Crippen molar-refractivity contribution in [1.82, 2.24) is 58.5 Å². The van der Waals surface area contributed by atoms with Crippen molar-refractivity contribution in [3.63, 3.8) is 0 Å². The number of rotatable bonds is 57. The Labute approximate surface area is 736 Å². The Kier molecular flexibility index (Phi) is 47.0. The average Bonchev–Trinajstić information content (AvgIpc) is 1.63. The zero-order valence-electron chi connectivity index (χ0n) is 70.8. The number of carboxylic acid groups (broad SMARTS) is 4. The number of Topliss-reactive ketones (excluding diaryl/α,β-unsaturated/α-hetero) is 1. The lowest BCUT2D eigenvalue weighted by Gasteiger charge is -2.37. The number of thiol groups is 1. The number of nitrogens with zero attached hydrogens (tertiary/aromatic N) is 2. The van der Waals surface area contributed by atoms with E-state index in [1.54, 1.807) is 45.0 Å². The van der Waals surface area contributed by atoms with Crippen LogP contribution >= 0.6 is 12.6 Å². The number of para-hydroxylation sites is 2. The summed E-state index contributed by atoms with van der Waals surface area (Å²) < 4.78 is 0. The van der Waals surface area contributed by atoms with E-state index in [2.05, 4.69) is 81.3 Å². The molecule has 4 rings (SSSR count). The van der Waals surface area contributed by atoms with Gasteiger partial charge >= 0.3 is 29.9 Å². The van der Waals surface area contributed by atoms with Crippen LogP contribution in [0.5, 0.6) is 0 Å². The van der Waals surface area contributed by atoms with Gasteiger partial charge in [0.05, 0.1) is 56.2 Å². The van der Waals surface area contributed by atoms with Gasteiger partial charge in [-0.15, -0.1) is 0 Å². The smallest absolute Gasteiger partial charge is 0.319 e. The van der Waals surface area contributed by atoms with Crippen LogP contribution in [-0.4, -0.2) is 334 Å². The maximum atomic E-state index is 14.6. The zero-order chi connectivity index (χ0) is 94.9. The number of nitrogens with one attached hydrogen (secondary N) is 12. The zero-order valence-corrected chi connectivity index (χ0v) is 71.7. The minimum absolute atomic E-state index is 0.0813. The number of aliphatic hydroxyl groups is 10. The number of fused-ring (bicyclic) bond motifs is 1. The average molecular weight is 1820 g/mol. The van der Waals surface area contributed by atoms with Crippen molar-refractivity contribution in [3.8, 4) is 0 Å². The molecule has 0 saturated heterocycles. The van der Waals surface area contributed by atoms with Crippen molar-refractivity contribution >= 4 is 130 Å². The van der Waals surface area contributed by atoms with E-state index in [-0.39, 0.29) is 61.3 Å². The topological polar surface area (TPSA) is 750 Å². The fourth-order valence-electron chi connectivity index (χ4n) is 13.3. The highest BCUT2D eigenvalue weighted by Gasteiger charge is 2.42. The Morgan fingerprint density at radius 1 is 0.488 bits per heavy atom. The second-order valence-corrected chi connectivity index (χ2v) is 32.3.